The van der Waals surface area contributed by atoms with Gasteiger partial charge in [0.1, 0.15) is 0 Å². The number of rotatable bonds is 5. The Morgan fingerprint density at radius 3 is 2.41 bits per heavy atom. The first-order valence-corrected chi connectivity index (χ1v) is 6.46. The van der Waals surface area contributed by atoms with Gasteiger partial charge in [0.25, 0.3) is 0 Å². The van der Waals surface area contributed by atoms with Gasteiger partial charge < -0.3 is 25.1 Å². The fourth-order valence-electron chi connectivity index (χ4n) is 2.82. The molecular weight excluding hydrogens is 298 g/mol. The van der Waals surface area contributed by atoms with Crippen molar-refractivity contribution < 1.29 is 39.4 Å². The topological polar surface area (TPSA) is 159 Å². The molecule has 3 atom stereocenters. The van der Waals surface area contributed by atoms with Crippen LogP contribution in [-0.2, 0) is 9.59 Å². The summed E-state index contributed by atoms with van der Waals surface area (Å²) >= 11 is 0. The first kappa shape index (κ1) is 15.7. The summed E-state index contributed by atoms with van der Waals surface area (Å²) in [4.78, 5) is 44.8. The summed E-state index contributed by atoms with van der Waals surface area (Å²) in [7, 11) is 0. The molecule has 1 saturated heterocycles. The predicted octanol–water partition coefficient (Wildman–Crippen LogP) is -1.46. The zero-order valence-corrected chi connectivity index (χ0v) is 11.3. The van der Waals surface area contributed by atoms with Crippen LogP contribution in [0.2, 0.25) is 0 Å². The van der Waals surface area contributed by atoms with E-state index in [-0.39, 0.29) is 12.1 Å². The van der Waals surface area contributed by atoms with Crippen LogP contribution < -0.4 is 10.9 Å². The Labute approximate surface area is 123 Å². The molecule has 0 aromatic carbocycles. The maximum Gasteiger partial charge on any atom is 0.371 e. The lowest BCUT2D eigenvalue weighted by Gasteiger charge is -2.16. The number of carboxylic acid groups (broad SMARTS) is 3. The van der Waals surface area contributed by atoms with E-state index in [1.165, 1.54) is 11.4 Å². The molecule has 0 radical (unpaired) electrons. The average molecular weight is 312 g/mol. The molecule has 0 saturated carbocycles. The highest BCUT2D eigenvalue weighted by atomic mass is 16.4. The first-order chi connectivity index (χ1) is 10.3. The summed E-state index contributed by atoms with van der Waals surface area (Å²) in [5, 5.41) is 28.3. The van der Waals surface area contributed by atoms with Gasteiger partial charge in [-0.15, -0.1) is 0 Å². The standard InChI is InChI=1S/C13H13NO8/c15-9(16)3-6-7(4-14-10(6)12(19)20)5-1-2-8(11(17)18)22-13(5)21/h1-2,6-7,10,14H,3-4H2,(H,15,16)(H,17,18)(H,19,20)/p+1/t6-,7-,10-/m0/s1. The molecule has 1 aliphatic rings. The van der Waals surface area contributed by atoms with Crippen LogP contribution in [0.1, 0.15) is 28.5 Å². The second-order valence-corrected chi connectivity index (χ2v) is 5.05. The molecule has 2 rings (SSSR count). The quantitative estimate of drug-likeness (QED) is 0.513. The van der Waals surface area contributed by atoms with Gasteiger partial charge >= 0.3 is 23.5 Å². The van der Waals surface area contributed by atoms with Crippen LogP contribution in [0.5, 0.6) is 0 Å². The normalized spacial score (nSPS) is 24.1. The van der Waals surface area contributed by atoms with Crippen LogP contribution in [0.25, 0.3) is 0 Å². The Balaban J connectivity index is 2.38. The molecular formula is C13H14NO8+. The van der Waals surface area contributed by atoms with E-state index in [2.05, 4.69) is 4.42 Å². The van der Waals surface area contributed by atoms with Gasteiger partial charge in [-0.1, -0.05) is 0 Å². The zero-order chi connectivity index (χ0) is 16.4. The molecule has 1 fully saturated rings. The van der Waals surface area contributed by atoms with E-state index in [9.17, 15) is 19.2 Å². The summed E-state index contributed by atoms with van der Waals surface area (Å²) in [6.07, 6.45) is -0.405. The minimum atomic E-state index is -1.40. The van der Waals surface area contributed by atoms with Gasteiger partial charge in [0.15, 0.2) is 6.04 Å². The number of hydrogen-bond donors (Lipinski definition) is 4. The molecule has 2 heterocycles. The monoisotopic (exact) mass is 312 g/mol. The highest BCUT2D eigenvalue weighted by molar-refractivity contribution is 5.84. The lowest BCUT2D eigenvalue weighted by molar-refractivity contribution is -0.662. The van der Waals surface area contributed by atoms with Crippen LogP contribution in [0.15, 0.2) is 21.3 Å². The maximum absolute atomic E-state index is 11.9. The smallest absolute Gasteiger partial charge is 0.371 e. The van der Waals surface area contributed by atoms with Crippen LogP contribution in [0, 0.1) is 5.92 Å². The molecule has 0 amide bonds. The number of nitrogens with two attached hydrogens (primary N) is 1. The molecule has 22 heavy (non-hydrogen) atoms. The molecule has 9 nitrogen and oxygen atoms in total. The number of carbonyl (C=O) groups is 3. The van der Waals surface area contributed by atoms with Crippen molar-refractivity contribution in [1.29, 1.82) is 0 Å². The van der Waals surface area contributed by atoms with Crippen molar-refractivity contribution in [2.45, 2.75) is 18.4 Å². The number of aromatic carboxylic acids is 1. The van der Waals surface area contributed by atoms with Crippen molar-refractivity contribution in [3.05, 3.63) is 33.9 Å². The number of aliphatic carboxylic acids is 2. The molecule has 118 valence electrons. The molecule has 1 aliphatic heterocycles. The van der Waals surface area contributed by atoms with E-state index < -0.39 is 53.6 Å². The van der Waals surface area contributed by atoms with Crippen molar-refractivity contribution in [3.8, 4) is 0 Å². The van der Waals surface area contributed by atoms with Gasteiger partial charge in [0, 0.05) is 17.4 Å². The highest BCUT2D eigenvalue weighted by Crippen LogP contribution is 2.29. The van der Waals surface area contributed by atoms with Crippen molar-refractivity contribution in [1.82, 2.24) is 0 Å². The molecule has 1 aromatic heterocycles. The molecule has 0 spiro atoms. The van der Waals surface area contributed by atoms with E-state index in [0.717, 1.165) is 6.07 Å². The van der Waals surface area contributed by atoms with Gasteiger partial charge in [-0.3, -0.25) is 4.79 Å². The summed E-state index contributed by atoms with van der Waals surface area (Å²) in [6.45, 7) is 0.214. The van der Waals surface area contributed by atoms with Crippen molar-refractivity contribution >= 4 is 17.9 Å². The predicted molar refractivity (Wildman–Crippen MR) is 68.6 cm³/mol. The molecule has 0 aliphatic carbocycles. The molecule has 1 aromatic rings. The fourth-order valence-corrected chi connectivity index (χ4v) is 2.82. The molecule has 0 unspecified atom stereocenters. The number of carboxylic acids is 3. The molecule has 9 heteroatoms. The third-order valence-corrected chi connectivity index (χ3v) is 3.78. The Hall–Kier alpha value is -2.68. The lowest BCUT2D eigenvalue weighted by Crippen LogP contribution is -2.89. The number of hydrogen-bond acceptors (Lipinski definition) is 5. The van der Waals surface area contributed by atoms with Gasteiger partial charge in [0.05, 0.1) is 13.0 Å². The summed E-state index contributed by atoms with van der Waals surface area (Å²) in [5.74, 6) is -5.65. The van der Waals surface area contributed by atoms with E-state index in [4.69, 9.17) is 15.3 Å². The van der Waals surface area contributed by atoms with Gasteiger partial charge in [-0.05, 0) is 12.1 Å². The van der Waals surface area contributed by atoms with Crippen molar-refractivity contribution in [3.63, 3.8) is 0 Å². The summed E-state index contributed by atoms with van der Waals surface area (Å²) < 4.78 is 4.67. The molecule has 0 bridgehead atoms. The highest BCUT2D eigenvalue weighted by Gasteiger charge is 2.47. The van der Waals surface area contributed by atoms with E-state index in [0.29, 0.717) is 0 Å². The van der Waals surface area contributed by atoms with Crippen LogP contribution in [0.4, 0.5) is 0 Å². The average Bonchev–Trinajstić information content (AvgIpc) is 2.81. The maximum atomic E-state index is 11.9. The zero-order valence-electron chi connectivity index (χ0n) is 11.3. The van der Waals surface area contributed by atoms with E-state index >= 15 is 0 Å². The second kappa shape index (κ2) is 5.98. The fraction of sp³-hybridized carbons (Fsp3) is 0.385. The second-order valence-electron chi connectivity index (χ2n) is 5.05. The van der Waals surface area contributed by atoms with Gasteiger partial charge in [-0.25, -0.2) is 14.4 Å². The van der Waals surface area contributed by atoms with Gasteiger partial charge in [-0.2, -0.15) is 0 Å². The first-order valence-electron chi connectivity index (χ1n) is 6.46. The third-order valence-electron chi connectivity index (χ3n) is 3.78. The number of quaternary nitrogens is 1. The van der Waals surface area contributed by atoms with Crippen molar-refractivity contribution in [2.24, 2.45) is 5.92 Å². The Morgan fingerprint density at radius 2 is 1.91 bits per heavy atom. The summed E-state index contributed by atoms with van der Waals surface area (Å²) in [5.41, 5.74) is -0.795. The molecule has 5 N–H and O–H groups in total. The van der Waals surface area contributed by atoms with E-state index in [1.54, 1.807) is 0 Å². The Bertz CT molecular complexity index is 679. The largest absolute Gasteiger partial charge is 0.481 e. The lowest BCUT2D eigenvalue weighted by atomic mass is 9.83. The SMILES string of the molecule is O=C(O)C[C@@H]1[C@@H](C(=O)O)[NH2+]C[C@H]1c1ccc(C(=O)O)oc1=O. The Kier molecular flexibility index (Phi) is 4.27. The van der Waals surface area contributed by atoms with Gasteiger partial charge in [0.2, 0.25) is 5.76 Å². The van der Waals surface area contributed by atoms with E-state index in [1.807, 2.05) is 0 Å². The third kappa shape index (κ3) is 2.98. The summed E-state index contributed by atoms with van der Waals surface area (Å²) in [6, 6.07) is 1.39. The minimum absolute atomic E-state index is 0.0938. The van der Waals surface area contributed by atoms with Crippen molar-refractivity contribution in [2.75, 3.05) is 6.54 Å². The van der Waals surface area contributed by atoms with Crippen LogP contribution in [-0.4, -0.2) is 45.8 Å². The minimum Gasteiger partial charge on any atom is -0.481 e. The van der Waals surface area contributed by atoms with Crippen LogP contribution >= 0.6 is 0 Å². The van der Waals surface area contributed by atoms with Crippen LogP contribution in [0.3, 0.4) is 0 Å². The Morgan fingerprint density at radius 1 is 1.23 bits per heavy atom.